The molecule has 0 unspecified atom stereocenters. The highest BCUT2D eigenvalue weighted by Gasteiger charge is 2.19. The smallest absolute Gasteiger partial charge is 0.300 e. The third kappa shape index (κ3) is 2.36. The first-order chi connectivity index (χ1) is 8.13. The Hall–Kier alpha value is -1.30. The molecule has 17 heavy (non-hydrogen) atoms. The van der Waals surface area contributed by atoms with Crippen LogP contribution < -0.4 is 10.3 Å². The van der Waals surface area contributed by atoms with Gasteiger partial charge in [-0.05, 0) is 18.6 Å². The minimum atomic E-state index is 0.647. The number of aromatic nitrogens is 4. The van der Waals surface area contributed by atoms with Gasteiger partial charge in [0, 0.05) is 0 Å². The highest BCUT2D eigenvalue weighted by Crippen LogP contribution is 2.17. The topological polar surface area (TPSA) is 71.5 Å². The van der Waals surface area contributed by atoms with Gasteiger partial charge in [-0.25, -0.2) is 9.55 Å². The fourth-order valence-electron chi connectivity index (χ4n) is 1.71. The average Bonchev–Trinajstić information content (AvgIpc) is 2.75. The van der Waals surface area contributed by atoms with Crippen LogP contribution >= 0.6 is 11.8 Å². The van der Waals surface area contributed by atoms with Crippen LogP contribution in [0.1, 0.15) is 20.3 Å². The third-order valence-electron chi connectivity index (χ3n) is 2.71. The van der Waals surface area contributed by atoms with Gasteiger partial charge in [0.05, 0.1) is 12.9 Å². The number of H-pyrrole nitrogens is 1. The van der Waals surface area contributed by atoms with E-state index in [4.69, 9.17) is 5.73 Å². The van der Waals surface area contributed by atoms with E-state index in [9.17, 15) is 0 Å². The fourth-order valence-corrected chi connectivity index (χ4v) is 2.30. The Morgan fingerprint density at radius 1 is 1.53 bits per heavy atom. The zero-order chi connectivity index (χ0) is 12.4. The van der Waals surface area contributed by atoms with Crippen LogP contribution in [0.3, 0.4) is 0 Å². The van der Waals surface area contributed by atoms with Crippen molar-refractivity contribution in [3.63, 3.8) is 0 Å². The summed E-state index contributed by atoms with van der Waals surface area (Å²) in [5.41, 5.74) is 7.68. The molecule has 0 fully saturated rings. The molecule has 3 N–H and O–H groups in total. The normalized spacial score (nSPS) is 11.5. The number of hydrogen-bond acceptors (Lipinski definition) is 4. The molecule has 5 nitrogen and oxygen atoms in total. The summed E-state index contributed by atoms with van der Waals surface area (Å²) in [7, 11) is 0. The second-order valence-corrected chi connectivity index (χ2v) is 5.19. The van der Waals surface area contributed by atoms with Gasteiger partial charge in [0.1, 0.15) is 0 Å². The van der Waals surface area contributed by atoms with Gasteiger partial charge >= 0.3 is 5.16 Å². The zero-order valence-electron chi connectivity index (χ0n) is 10.4. The third-order valence-corrected chi connectivity index (χ3v) is 3.39. The lowest BCUT2D eigenvalue weighted by atomic mass is 10.1. The molecule has 92 valence electrons. The Morgan fingerprint density at radius 3 is 2.94 bits per heavy atom. The number of anilines is 1. The first-order valence-corrected chi connectivity index (χ1v) is 6.92. The quantitative estimate of drug-likeness (QED) is 0.492. The number of nitrogens with zero attached hydrogens (tertiary/aromatic N) is 3. The molecule has 2 aromatic rings. The van der Waals surface area contributed by atoms with Gasteiger partial charge in [-0.2, -0.15) is 0 Å². The molecule has 0 spiro atoms. The van der Waals surface area contributed by atoms with Gasteiger partial charge in [0.2, 0.25) is 5.82 Å². The summed E-state index contributed by atoms with van der Waals surface area (Å²) in [6.07, 6.45) is 4.72. The van der Waals surface area contributed by atoms with E-state index in [1.807, 2.05) is 6.26 Å². The van der Waals surface area contributed by atoms with E-state index in [0.717, 1.165) is 29.5 Å². The zero-order valence-corrected chi connectivity index (χ0v) is 11.2. The minimum absolute atomic E-state index is 0.647. The maximum atomic E-state index is 6.16. The lowest BCUT2D eigenvalue weighted by molar-refractivity contribution is -0.723. The van der Waals surface area contributed by atoms with Crippen molar-refractivity contribution in [1.82, 2.24) is 15.0 Å². The van der Waals surface area contributed by atoms with Gasteiger partial charge in [0.15, 0.2) is 5.52 Å². The number of aromatic amines is 1. The Bertz CT molecular complexity index is 520. The molecular weight excluding hydrogens is 234 g/mol. The molecule has 0 aliphatic carbocycles. The Morgan fingerprint density at radius 2 is 2.29 bits per heavy atom. The van der Waals surface area contributed by atoms with Gasteiger partial charge < -0.3 is 10.7 Å². The number of thioether (sulfide) groups is 1. The van der Waals surface area contributed by atoms with Crippen molar-refractivity contribution >= 4 is 28.7 Å². The summed E-state index contributed by atoms with van der Waals surface area (Å²) in [5.74, 6) is 1.37. The number of imidazole rings is 1. The van der Waals surface area contributed by atoms with E-state index >= 15 is 0 Å². The molecule has 0 atom stereocenters. The largest absolute Gasteiger partial charge is 0.336 e. The number of nitrogens with two attached hydrogens (primary N) is 1. The van der Waals surface area contributed by atoms with Gasteiger partial charge in [-0.3, -0.25) is 0 Å². The Labute approximate surface area is 105 Å². The molecular formula is C11H18N5S+. The molecule has 0 aromatic carbocycles. The van der Waals surface area contributed by atoms with Crippen LogP contribution in [0.4, 0.5) is 5.82 Å². The Kier molecular flexibility index (Phi) is 3.51. The highest BCUT2D eigenvalue weighted by atomic mass is 32.2. The molecule has 2 aromatic heterocycles. The van der Waals surface area contributed by atoms with E-state index in [0.29, 0.717) is 11.6 Å². The summed E-state index contributed by atoms with van der Waals surface area (Å²) < 4.78 is 2.06. The molecule has 6 heteroatoms. The van der Waals surface area contributed by atoms with Gasteiger partial charge in [0.25, 0.3) is 5.65 Å². The van der Waals surface area contributed by atoms with Crippen molar-refractivity contribution in [1.29, 1.82) is 0 Å². The van der Waals surface area contributed by atoms with E-state index in [2.05, 4.69) is 33.4 Å². The molecule has 0 aliphatic heterocycles. The summed E-state index contributed by atoms with van der Waals surface area (Å²) in [4.78, 5) is 11.7. The average molecular weight is 252 g/mol. The standard InChI is InChI=1S/C11H17N5S/c1-7(2)4-5-16-9(12)8-10(14-6-13-8)15-11(16)17-3/h6-7H,4-5H2,1-3H3,(H2,12,13,14)/p+1. The summed E-state index contributed by atoms with van der Waals surface area (Å²) >= 11 is 1.60. The first-order valence-electron chi connectivity index (χ1n) is 5.70. The van der Waals surface area contributed by atoms with Crippen LogP contribution in [-0.2, 0) is 6.54 Å². The van der Waals surface area contributed by atoms with Crippen molar-refractivity contribution in [3.8, 4) is 0 Å². The number of rotatable bonds is 4. The minimum Gasteiger partial charge on any atom is -0.336 e. The van der Waals surface area contributed by atoms with E-state index in [1.165, 1.54) is 0 Å². The highest BCUT2D eigenvalue weighted by molar-refractivity contribution is 7.98. The number of fused-ring (bicyclic) bond motifs is 1. The van der Waals surface area contributed by atoms with E-state index < -0.39 is 0 Å². The van der Waals surface area contributed by atoms with Gasteiger partial charge in [-0.15, -0.1) is 0 Å². The van der Waals surface area contributed by atoms with Crippen LogP contribution in [0.2, 0.25) is 0 Å². The van der Waals surface area contributed by atoms with Crippen molar-refractivity contribution in [2.24, 2.45) is 5.92 Å². The van der Waals surface area contributed by atoms with E-state index in [-0.39, 0.29) is 0 Å². The number of nitrogen functional groups attached to an aromatic ring is 1. The molecule has 0 bridgehead atoms. The lowest BCUT2D eigenvalue weighted by Gasteiger charge is -2.09. The molecule has 0 aliphatic rings. The summed E-state index contributed by atoms with van der Waals surface area (Å²) in [6.45, 7) is 5.30. The van der Waals surface area contributed by atoms with Crippen LogP contribution in [-0.4, -0.2) is 21.2 Å². The molecule has 0 amide bonds. The van der Waals surface area contributed by atoms with Gasteiger partial charge in [-0.1, -0.05) is 30.6 Å². The van der Waals surface area contributed by atoms with Crippen LogP contribution in [0.15, 0.2) is 11.5 Å². The van der Waals surface area contributed by atoms with Crippen LogP contribution in [0.5, 0.6) is 0 Å². The first kappa shape index (κ1) is 12.2. The predicted molar refractivity (Wildman–Crippen MR) is 69.7 cm³/mol. The number of hydrogen-bond donors (Lipinski definition) is 2. The van der Waals surface area contributed by atoms with Crippen molar-refractivity contribution in [3.05, 3.63) is 6.33 Å². The Balaban J connectivity index is 2.46. The van der Waals surface area contributed by atoms with Crippen molar-refractivity contribution in [2.75, 3.05) is 12.0 Å². The van der Waals surface area contributed by atoms with Crippen molar-refractivity contribution < 1.29 is 4.57 Å². The maximum absolute atomic E-state index is 6.16. The molecule has 0 radical (unpaired) electrons. The fraction of sp³-hybridized carbons (Fsp3) is 0.545. The molecule has 2 rings (SSSR count). The van der Waals surface area contributed by atoms with Crippen LogP contribution in [0, 0.1) is 5.92 Å². The van der Waals surface area contributed by atoms with Crippen molar-refractivity contribution in [2.45, 2.75) is 32.0 Å². The molecule has 0 saturated carbocycles. The molecule has 2 heterocycles. The SMILES string of the molecule is CSc1nc2nc[nH]c2c(N)[n+]1CCC(C)C. The lowest BCUT2D eigenvalue weighted by Crippen LogP contribution is -2.41. The summed E-state index contributed by atoms with van der Waals surface area (Å²) in [5, 5.41) is 0.919. The number of nitrogens with one attached hydrogen (secondary N) is 1. The van der Waals surface area contributed by atoms with Crippen LogP contribution in [0.25, 0.3) is 11.2 Å². The second-order valence-electron chi connectivity index (χ2n) is 4.42. The predicted octanol–water partition coefficient (Wildman–Crippen LogP) is 1.60. The van der Waals surface area contributed by atoms with E-state index in [1.54, 1.807) is 18.1 Å². The summed E-state index contributed by atoms with van der Waals surface area (Å²) in [6, 6.07) is 0. The molecule has 0 saturated heterocycles. The maximum Gasteiger partial charge on any atom is 0.300 e. The second kappa shape index (κ2) is 4.91. The monoisotopic (exact) mass is 252 g/mol.